The molecule has 1 aromatic rings. The number of hydrogen-bond donors (Lipinski definition) is 1. The van der Waals surface area contributed by atoms with Crippen LogP contribution in [0.15, 0.2) is 24.3 Å². The Balaban J connectivity index is 1.52. The van der Waals surface area contributed by atoms with E-state index in [2.05, 4.69) is 27.2 Å². The van der Waals surface area contributed by atoms with Crippen molar-refractivity contribution in [3.8, 4) is 0 Å². The zero-order valence-corrected chi connectivity index (χ0v) is 13.4. The van der Waals surface area contributed by atoms with Crippen LogP contribution in [0, 0.1) is 5.92 Å². The van der Waals surface area contributed by atoms with Crippen molar-refractivity contribution in [3.05, 3.63) is 29.3 Å². The van der Waals surface area contributed by atoms with E-state index in [-0.39, 0.29) is 0 Å². The van der Waals surface area contributed by atoms with Gasteiger partial charge in [-0.05, 0) is 19.2 Å². The summed E-state index contributed by atoms with van der Waals surface area (Å²) in [5.74, 6) is 0.613. The first-order valence-corrected chi connectivity index (χ1v) is 8.12. The molecular formula is C16H24ClN3O. The summed E-state index contributed by atoms with van der Waals surface area (Å²) in [6.45, 7) is 7.14. The van der Waals surface area contributed by atoms with Crippen molar-refractivity contribution in [1.29, 1.82) is 0 Å². The van der Waals surface area contributed by atoms with Gasteiger partial charge in [0.2, 0.25) is 0 Å². The molecule has 2 fully saturated rings. The highest BCUT2D eigenvalue weighted by molar-refractivity contribution is 6.33. The fraction of sp³-hybridized carbons (Fsp3) is 0.625. The Morgan fingerprint density at radius 2 is 1.95 bits per heavy atom. The minimum atomic E-state index is 0.506. The molecule has 0 aliphatic carbocycles. The van der Waals surface area contributed by atoms with E-state index in [0.29, 0.717) is 12.0 Å². The maximum absolute atomic E-state index is 6.29. The van der Waals surface area contributed by atoms with Crippen molar-refractivity contribution in [1.82, 2.24) is 10.2 Å². The molecule has 0 spiro atoms. The highest BCUT2D eigenvalue weighted by Gasteiger charge is 2.29. The average molecular weight is 310 g/mol. The van der Waals surface area contributed by atoms with Gasteiger partial charge in [-0.3, -0.25) is 4.90 Å². The summed E-state index contributed by atoms with van der Waals surface area (Å²) in [7, 11) is 2.03. The molecule has 4 nitrogen and oxygen atoms in total. The van der Waals surface area contributed by atoms with Crippen molar-refractivity contribution in [2.24, 2.45) is 5.92 Å². The minimum absolute atomic E-state index is 0.506. The third-order valence-corrected chi connectivity index (χ3v) is 4.95. The molecule has 1 N–H and O–H groups in total. The van der Waals surface area contributed by atoms with Crippen molar-refractivity contribution >= 4 is 17.3 Å². The first-order chi connectivity index (χ1) is 10.3. The van der Waals surface area contributed by atoms with E-state index in [1.807, 2.05) is 19.2 Å². The number of hydrogen-bond acceptors (Lipinski definition) is 4. The number of rotatable bonds is 4. The summed E-state index contributed by atoms with van der Waals surface area (Å²) < 4.78 is 5.59. The van der Waals surface area contributed by atoms with E-state index in [9.17, 15) is 0 Å². The second-order valence-corrected chi connectivity index (χ2v) is 6.34. The monoisotopic (exact) mass is 309 g/mol. The minimum Gasteiger partial charge on any atom is -0.379 e. The number of ether oxygens (including phenoxy) is 1. The quantitative estimate of drug-likeness (QED) is 0.916. The van der Waals surface area contributed by atoms with Crippen LogP contribution < -0.4 is 10.2 Å². The van der Waals surface area contributed by atoms with Gasteiger partial charge in [-0.15, -0.1) is 0 Å². The predicted molar refractivity (Wildman–Crippen MR) is 87.3 cm³/mol. The van der Waals surface area contributed by atoms with Crippen LogP contribution in [0.1, 0.15) is 0 Å². The first kappa shape index (κ1) is 15.1. The van der Waals surface area contributed by atoms with Gasteiger partial charge in [-0.25, -0.2) is 0 Å². The van der Waals surface area contributed by atoms with Crippen LogP contribution in [0.25, 0.3) is 0 Å². The van der Waals surface area contributed by atoms with Gasteiger partial charge in [0, 0.05) is 44.7 Å². The SMILES string of the molecule is CNC1COCC1CN1CCN(c2ccccc2Cl)CC1. The van der Waals surface area contributed by atoms with Crippen molar-refractivity contribution in [2.45, 2.75) is 6.04 Å². The Morgan fingerprint density at radius 3 is 2.67 bits per heavy atom. The number of nitrogens with one attached hydrogen (secondary N) is 1. The normalized spacial score (nSPS) is 27.2. The van der Waals surface area contributed by atoms with E-state index in [0.717, 1.165) is 56.6 Å². The Morgan fingerprint density at radius 1 is 1.19 bits per heavy atom. The van der Waals surface area contributed by atoms with E-state index in [1.54, 1.807) is 0 Å². The molecule has 3 rings (SSSR count). The number of benzene rings is 1. The van der Waals surface area contributed by atoms with Crippen molar-refractivity contribution in [2.75, 3.05) is 57.9 Å². The number of para-hydroxylation sites is 1. The number of halogens is 1. The summed E-state index contributed by atoms with van der Waals surface area (Å²) in [6, 6.07) is 8.63. The molecule has 0 bridgehead atoms. The fourth-order valence-electron chi connectivity index (χ4n) is 3.31. The first-order valence-electron chi connectivity index (χ1n) is 7.75. The van der Waals surface area contributed by atoms with Gasteiger partial charge in [0.05, 0.1) is 23.9 Å². The molecule has 0 amide bonds. The number of likely N-dealkylation sites (N-methyl/N-ethyl adjacent to an activating group) is 1. The number of piperazine rings is 1. The molecule has 2 heterocycles. The highest BCUT2D eigenvalue weighted by Crippen LogP contribution is 2.26. The Kier molecular flexibility index (Phi) is 5.01. The molecule has 2 saturated heterocycles. The Hall–Kier alpha value is -0.810. The van der Waals surface area contributed by atoms with Gasteiger partial charge in [0.15, 0.2) is 0 Å². The van der Waals surface area contributed by atoms with Crippen LogP contribution in [0.5, 0.6) is 0 Å². The lowest BCUT2D eigenvalue weighted by atomic mass is 10.0. The van der Waals surface area contributed by atoms with E-state index < -0.39 is 0 Å². The number of anilines is 1. The van der Waals surface area contributed by atoms with E-state index >= 15 is 0 Å². The van der Waals surface area contributed by atoms with Crippen molar-refractivity contribution in [3.63, 3.8) is 0 Å². The lowest BCUT2D eigenvalue weighted by molar-refractivity contribution is 0.164. The maximum Gasteiger partial charge on any atom is 0.0639 e. The van der Waals surface area contributed by atoms with Crippen LogP contribution in [0.2, 0.25) is 5.02 Å². The van der Waals surface area contributed by atoms with Crippen LogP contribution in [0.4, 0.5) is 5.69 Å². The largest absolute Gasteiger partial charge is 0.379 e. The van der Waals surface area contributed by atoms with Crippen LogP contribution >= 0.6 is 11.6 Å². The molecular weight excluding hydrogens is 286 g/mol. The number of nitrogens with zero attached hydrogens (tertiary/aromatic N) is 2. The van der Waals surface area contributed by atoms with Crippen molar-refractivity contribution < 1.29 is 4.74 Å². The molecule has 21 heavy (non-hydrogen) atoms. The topological polar surface area (TPSA) is 27.7 Å². The fourth-order valence-corrected chi connectivity index (χ4v) is 3.56. The second kappa shape index (κ2) is 6.97. The molecule has 2 aliphatic heterocycles. The lowest BCUT2D eigenvalue weighted by Crippen LogP contribution is -2.49. The van der Waals surface area contributed by atoms with Gasteiger partial charge >= 0.3 is 0 Å². The average Bonchev–Trinajstić information content (AvgIpc) is 2.96. The molecule has 2 atom stereocenters. The standard InChI is InChI=1S/C16H24ClN3O/c1-18-15-12-21-11-13(15)10-19-6-8-20(9-7-19)16-5-3-2-4-14(16)17/h2-5,13,15,18H,6-12H2,1H3. The van der Waals surface area contributed by atoms with Crippen LogP contribution in [-0.4, -0.2) is 63.9 Å². The molecule has 2 unspecified atom stereocenters. The van der Waals surface area contributed by atoms with Gasteiger partial charge in [0.1, 0.15) is 0 Å². The lowest BCUT2D eigenvalue weighted by Gasteiger charge is -2.38. The summed E-state index contributed by atoms with van der Waals surface area (Å²) >= 11 is 6.29. The predicted octanol–water partition coefficient (Wildman–Crippen LogP) is 1.70. The molecule has 0 aromatic heterocycles. The van der Waals surface area contributed by atoms with E-state index in [1.165, 1.54) is 0 Å². The molecule has 0 radical (unpaired) electrons. The van der Waals surface area contributed by atoms with E-state index in [4.69, 9.17) is 16.3 Å². The highest BCUT2D eigenvalue weighted by atomic mass is 35.5. The van der Waals surface area contributed by atoms with Gasteiger partial charge in [-0.2, -0.15) is 0 Å². The Labute approximate surface area is 132 Å². The van der Waals surface area contributed by atoms with Gasteiger partial charge in [-0.1, -0.05) is 23.7 Å². The van der Waals surface area contributed by atoms with Crippen LogP contribution in [0.3, 0.4) is 0 Å². The summed E-state index contributed by atoms with van der Waals surface area (Å²) in [5.41, 5.74) is 1.16. The molecule has 1 aromatic carbocycles. The Bertz CT molecular complexity index is 463. The molecule has 0 saturated carbocycles. The van der Waals surface area contributed by atoms with Gasteiger partial charge < -0.3 is 15.0 Å². The zero-order valence-electron chi connectivity index (χ0n) is 12.6. The third kappa shape index (κ3) is 3.51. The molecule has 2 aliphatic rings. The smallest absolute Gasteiger partial charge is 0.0639 e. The summed E-state index contributed by atoms with van der Waals surface area (Å²) in [5, 5.41) is 4.22. The maximum atomic E-state index is 6.29. The summed E-state index contributed by atoms with van der Waals surface area (Å²) in [4.78, 5) is 4.94. The van der Waals surface area contributed by atoms with Crippen LogP contribution in [-0.2, 0) is 4.74 Å². The zero-order chi connectivity index (χ0) is 14.7. The third-order valence-electron chi connectivity index (χ3n) is 4.63. The summed E-state index contributed by atoms with van der Waals surface area (Å²) in [6.07, 6.45) is 0. The second-order valence-electron chi connectivity index (χ2n) is 5.93. The molecule has 5 heteroatoms. The molecule has 116 valence electrons. The van der Waals surface area contributed by atoms with Gasteiger partial charge in [0.25, 0.3) is 0 Å².